The van der Waals surface area contributed by atoms with Crippen LogP contribution < -0.4 is 10.6 Å². The van der Waals surface area contributed by atoms with Crippen LogP contribution in [-0.4, -0.2) is 91.5 Å². The van der Waals surface area contributed by atoms with Crippen LogP contribution in [0.15, 0.2) is 35.3 Å². The van der Waals surface area contributed by atoms with Gasteiger partial charge < -0.3 is 20.4 Å². The molecule has 33 heavy (non-hydrogen) atoms. The fraction of sp³-hybridized carbons (Fsp3) is 0.680. The lowest BCUT2D eigenvalue weighted by molar-refractivity contribution is -0.133. The maximum absolute atomic E-state index is 12.6. The number of nitrogens with zero attached hydrogens (tertiary/aromatic N) is 4. The molecule has 0 aromatic heterocycles. The summed E-state index contributed by atoms with van der Waals surface area (Å²) in [5.74, 6) is 1.23. The fourth-order valence-electron chi connectivity index (χ4n) is 4.65. The number of piperidine rings is 1. The van der Waals surface area contributed by atoms with Crippen LogP contribution in [0.2, 0.25) is 0 Å². The number of carbonyl (C=O) groups is 1. The predicted octanol–water partition coefficient (Wildman–Crippen LogP) is 2.94. The summed E-state index contributed by atoms with van der Waals surface area (Å²) in [4.78, 5) is 23.7. The van der Waals surface area contributed by atoms with Crippen LogP contribution in [0.4, 0.5) is 0 Å². The lowest BCUT2D eigenvalue weighted by Crippen LogP contribution is -2.57. The monoisotopic (exact) mass is 570 g/mol. The lowest BCUT2D eigenvalue weighted by atomic mass is 10.0. The highest BCUT2D eigenvalue weighted by molar-refractivity contribution is 14.0. The number of nitrogens with one attached hydrogen (secondary N) is 2. The minimum absolute atomic E-state index is 0. The molecule has 0 spiro atoms. The molecule has 2 fully saturated rings. The molecule has 2 N–H and O–H groups in total. The molecule has 1 aromatic carbocycles. The number of guanidine groups is 1. The van der Waals surface area contributed by atoms with Crippen LogP contribution in [-0.2, 0) is 4.79 Å². The van der Waals surface area contributed by atoms with E-state index in [2.05, 4.69) is 76.5 Å². The zero-order chi connectivity index (χ0) is 23.0. The normalized spacial score (nSPS) is 19.1. The molecular weight excluding hydrogens is 527 g/mol. The molecule has 3 rings (SSSR count). The third kappa shape index (κ3) is 8.72. The summed E-state index contributed by atoms with van der Waals surface area (Å²) in [6.45, 7) is 13.4. The third-order valence-electron chi connectivity index (χ3n) is 6.55. The van der Waals surface area contributed by atoms with Gasteiger partial charge in [0.15, 0.2) is 5.96 Å². The van der Waals surface area contributed by atoms with E-state index in [1.165, 1.54) is 12.0 Å². The van der Waals surface area contributed by atoms with Crippen LogP contribution in [0.3, 0.4) is 0 Å². The van der Waals surface area contributed by atoms with Gasteiger partial charge in [0.2, 0.25) is 5.91 Å². The van der Waals surface area contributed by atoms with E-state index < -0.39 is 0 Å². The minimum Gasteiger partial charge on any atom is -0.354 e. The first-order chi connectivity index (χ1) is 15.4. The molecule has 2 saturated heterocycles. The van der Waals surface area contributed by atoms with Crippen molar-refractivity contribution >= 4 is 35.8 Å². The average Bonchev–Trinajstić information content (AvgIpc) is 2.81. The van der Waals surface area contributed by atoms with Gasteiger partial charge >= 0.3 is 0 Å². The maximum Gasteiger partial charge on any atom is 0.236 e. The van der Waals surface area contributed by atoms with E-state index in [9.17, 15) is 4.79 Å². The molecule has 1 amide bonds. The first kappa shape index (κ1) is 27.9. The first-order valence-electron chi connectivity index (χ1n) is 12.2. The van der Waals surface area contributed by atoms with E-state index in [-0.39, 0.29) is 35.6 Å². The highest BCUT2D eigenvalue weighted by Gasteiger charge is 2.26. The topological polar surface area (TPSA) is 63.2 Å². The molecule has 0 bridgehead atoms. The molecule has 186 valence electrons. The van der Waals surface area contributed by atoms with Gasteiger partial charge in [-0.15, -0.1) is 24.0 Å². The van der Waals surface area contributed by atoms with Crippen molar-refractivity contribution in [1.29, 1.82) is 0 Å². The summed E-state index contributed by atoms with van der Waals surface area (Å²) >= 11 is 0. The largest absolute Gasteiger partial charge is 0.354 e. The molecule has 0 radical (unpaired) electrons. The molecule has 2 aliphatic rings. The number of hydrogen-bond acceptors (Lipinski definition) is 4. The first-order valence-corrected chi connectivity index (χ1v) is 12.2. The number of hydrogen-bond donors (Lipinski definition) is 2. The van der Waals surface area contributed by atoms with Gasteiger partial charge in [0.05, 0.1) is 6.54 Å². The van der Waals surface area contributed by atoms with Gasteiger partial charge in [0, 0.05) is 64.4 Å². The summed E-state index contributed by atoms with van der Waals surface area (Å²) in [6, 6.07) is 10.8. The number of rotatable bonds is 7. The van der Waals surface area contributed by atoms with Crippen molar-refractivity contribution < 1.29 is 4.79 Å². The number of halogens is 1. The summed E-state index contributed by atoms with van der Waals surface area (Å²) in [5, 5.41) is 7.29. The summed E-state index contributed by atoms with van der Waals surface area (Å²) < 4.78 is 0. The Kier molecular flexibility index (Phi) is 11.4. The highest BCUT2D eigenvalue weighted by atomic mass is 127. The van der Waals surface area contributed by atoms with Crippen molar-refractivity contribution in [2.24, 2.45) is 4.99 Å². The Morgan fingerprint density at radius 2 is 1.64 bits per heavy atom. The van der Waals surface area contributed by atoms with Crippen LogP contribution >= 0.6 is 24.0 Å². The SMILES string of the molecule is CN=C(NCC(C)(C)NC(C)c1ccccc1)N1CCN(CC(=O)N2CCCCC2)CC1.I. The highest BCUT2D eigenvalue weighted by Crippen LogP contribution is 2.16. The van der Waals surface area contributed by atoms with Crippen molar-refractivity contribution in [3.05, 3.63) is 35.9 Å². The van der Waals surface area contributed by atoms with Crippen LogP contribution in [0.1, 0.15) is 51.6 Å². The Bertz CT molecular complexity index is 743. The molecule has 1 aromatic rings. The Morgan fingerprint density at radius 1 is 1.00 bits per heavy atom. The third-order valence-corrected chi connectivity index (χ3v) is 6.55. The average molecular weight is 571 g/mol. The number of carbonyl (C=O) groups excluding carboxylic acids is 1. The van der Waals surface area contributed by atoms with Crippen LogP contribution in [0.5, 0.6) is 0 Å². The zero-order valence-corrected chi connectivity index (χ0v) is 23.2. The molecule has 2 heterocycles. The Hall–Kier alpha value is -1.39. The smallest absolute Gasteiger partial charge is 0.236 e. The van der Waals surface area contributed by atoms with Crippen molar-refractivity contribution in [3.8, 4) is 0 Å². The van der Waals surface area contributed by atoms with Crippen molar-refractivity contribution in [3.63, 3.8) is 0 Å². The van der Waals surface area contributed by atoms with E-state index in [0.717, 1.165) is 64.6 Å². The number of benzene rings is 1. The van der Waals surface area contributed by atoms with Crippen molar-refractivity contribution in [2.45, 2.75) is 51.6 Å². The van der Waals surface area contributed by atoms with E-state index in [4.69, 9.17) is 0 Å². The zero-order valence-electron chi connectivity index (χ0n) is 20.8. The van der Waals surface area contributed by atoms with Gasteiger partial charge in [0.1, 0.15) is 0 Å². The molecule has 1 atom stereocenters. The number of piperazine rings is 1. The molecule has 1 unspecified atom stereocenters. The molecule has 0 aliphatic carbocycles. The predicted molar refractivity (Wildman–Crippen MR) is 147 cm³/mol. The molecular formula is C25H43IN6O. The maximum atomic E-state index is 12.6. The van der Waals surface area contributed by atoms with Gasteiger partial charge in [-0.2, -0.15) is 0 Å². The van der Waals surface area contributed by atoms with E-state index in [1.807, 2.05) is 11.9 Å². The Morgan fingerprint density at radius 3 is 2.24 bits per heavy atom. The Labute approximate surface area is 217 Å². The van der Waals surface area contributed by atoms with Crippen molar-refractivity contribution in [1.82, 2.24) is 25.3 Å². The van der Waals surface area contributed by atoms with Gasteiger partial charge in [-0.25, -0.2) is 0 Å². The van der Waals surface area contributed by atoms with Gasteiger partial charge in [-0.1, -0.05) is 30.3 Å². The second kappa shape index (κ2) is 13.5. The molecule has 7 nitrogen and oxygen atoms in total. The number of aliphatic imine (C=N–C) groups is 1. The quantitative estimate of drug-likeness (QED) is 0.300. The Balaban J connectivity index is 0.00000385. The van der Waals surface area contributed by atoms with Crippen molar-refractivity contribution in [2.75, 3.05) is 59.4 Å². The number of amides is 1. The minimum atomic E-state index is -0.0894. The van der Waals surface area contributed by atoms with E-state index in [0.29, 0.717) is 12.5 Å². The van der Waals surface area contributed by atoms with E-state index in [1.54, 1.807) is 0 Å². The standard InChI is InChI=1S/C25H42N6O.HI/c1-21(22-11-7-5-8-12-22)28-25(2,3)20-27-24(26-4)31-17-15-29(16-18-31)19-23(32)30-13-9-6-10-14-30;/h5,7-8,11-12,21,28H,6,9-10,13-20H2,1-4H3,(H,26,27);1H. The summed E-state index contributed by atoms with van der Waals surface area (Å²) in [5.41, 5.74) is 1.20. The molecule has 2 aliphatic heterocycles. The van der Waals surface area contributed by atoms with Gasteiger partial charge in [-0.05, 0) is 45.6 Å². The summed E-state index contributed by atoms with van der Waals surface area (Å²) in [7, 11) is 1.85. The molecule has 8 heteroatoms. The van der Waals surface area contributed by atoms with Crippen LogP contribution in [0, 0.1) is 0 Å². The van der Waals surface area contributed by atoms with E-state index >= 15 is 0 Å². The van der Waals surface area contributed by atoms with Crippen LogP contribution in [0.25, 0.3) is 0 Å². The van der Waals surface area contributed by atoms with Gasteiger partial charge in [-0.3, -0.25) is 14.7 Å². The number of likely N-dealkylation sites (tertiary alicyclic amines) is 1. The summed E-state index contributed by atoms with van der Waals surface area (Å²) in [6.07, 6.45) is 3.56. The molecule has 0 saturated carbocycles. The van der Waals surface area contributed by atoms with Gasteiger partial charge in [0.25, 0.3) is 0 Å². The second-order valence-corrected chi connectivity index (χ2v) is 9.77. The lowest BCUT2D eigenvalue weighted by Gasteiger charge is -2.38. The fourth-order valence-corrected chi connectivity index (χ4v) is 4.65. The second-order valence-electron chi connectivity index (χ2n) is 9.77.